The Balaban J connectivity index is 4.50. The van der Waals surface area contributed by atoms with Gasteiger partial charge in [-0.3, -0.25) is 14.4 Å². The number of esters is 3. The van der Waals surface area contributed by atoms with Crippen LogP contribution in [-0.2, 0) is 28.6 Å². The smallest absolute Gasteiger partial charge is 0.306 e. The lowest BCUT2D eigenvalue weighted by molar-refractivity contribution is -0.167. The highest BCUT2D eigenvalue weighted by Gasteiger charge is 2.19. The van der Waals surface area contributed by atoms with Crippen LogP contribution in [0.4, 0.5) is 0 Å². The topological polar surface area (TPSA) is 78.9 Å². The molecule has 0 spiro atoms. The van der Waals surface area contributed by atoms with E-state index < -0.39 is 6.10 Å². The molecule has 0 bridgehead atoms. The molecule has 0 aromatic rings. The first-order valence-corrected chi connectivity index (χ1v) is 27.4. The minimum atomic E-state index is -0.815. The minimum Gasteiger partial charge on any atom is -0.462 e. The first-order valence-electron chi connectivity index (χ1n) is 27.4. The summed E-state index contributed by atoms with van der Waals surface area (Å²) in [5.41, 5.74) is 0. The van der Waals surface area contributed by atoms with Crippen molar-refractivity contribution < 1.29 is 28.6 Å². The fourth-order valence-electron chi connectivity index (χ4n) is 7.18. The quantitative estimate of drug-likeness (QED) is 0.0262. The maximum Gasteiger partial charge on any atom is 0.306 e. The van der Waals surface area contributed by atoms with Crippen molar-refractivity contribution >= 4 is 17.9 Å². The highest BCUT2D eigenvalue weighted by Crippen LogP contribution is 2.14. The molecule has 6 heteroatoms. The zero-order chi connectivity index (χ0) is 48.6. The largest absolute Gasteiger partial charge is 0.462 e. The van der Waals surface area contributed by atoms with Crippen molar-refractivity contribution in [2.45, 2.75) is 245 Å². The van der Waals surface area contributed by atoms with Crippen molar-refractivity contribution in [2.75, 3.05) is 13.2 Å². The highest BCUT2D eigenvalue weighted by molar-refractivity contribution is 5.71. The number of hydrogen-bond donors (Lipinski definition) is 0. The van der Waals surface area contributed by atoms with Gasteiger partial charge in [0.2, 0.25) is 0 Å². The summed E-state index contributed by atoms with van der Waals surface area (Å²) in [6.07, 6.45) is 73.7. The molecule has 0 saturated carbocycles. The average molecular weight is 929 g/mol. The standard InChI is InChI=1S/C61H100O6/c1-4-7-10-13-16-19-22-25-28-29-30-31-34-37-40-43-46-49-52-55-61(64)67-58(56-65-59(62)53-50-47-44-41-38-35-32-26-23-20-17-14-11-8-5-2)57-66-60(63)54-51-48-45-42-39-36-33-27-24-21-18-15-12-9-6-3/h8-9,11-12,17-18,20-21,25-28,32-33,38-39,41-42,58H,4-7,10,13-16,19,22-24,29-31,34-37,40,43-57H2,1-3H3/b11-8-,12-9-,20-17-,21-18-,28-25-,32-26-,33-27-,41-38-,42-39-. The van der Waals surface area contributed by atoms with Crippen molar-refractivity contribution in [3.05, 3.63) is 109 Å². The zero-order valence-electron chi connectivity index (χ0n) is 43.4. The molecule has 0 rings (SSSR count). The fourth-order valence-corrected chi connectivity index (χ4v) is 7.18. The molecule has 0 amide bonds. The van der Waals surface area contributed by atoms with Gasteiger partial charge in [-0.25, -0.2) is 0 Å². The van der Waals surface area contributed by atoms with E-state index in [-0.39, 0.29) is 31.1 Å². The molecule has 0 atom stereocenters. The van der Waals surface area contributed by atoms with Gasteiger partial charge in [0.25, 0.3) is 0 Å². The SMILES string of the molecule is CC/C=C\C/C=C\C/C=C\C/C=C\CCCCC(=O)OCC(COC(=O)CCCC/C=C\C/C=C\C/C=C\C/C=C\CC)OC(=O)CCCCCCCCCCC/C=C\CCCCCCCC. The Morgan fingerprint density at radius 2 is 0.582 bits per heavy atom. The van der Waals surface area contributed by atoms with Crippen LogP contribution >= 0.6 is 0 Å². The van der Waals surface area contributed by atoms with Gasteiger partial charge in [0.15, 0.2) is 6.10 Å². The second-order valence-electron chi connectivity index (χ2n) is 17.7. The molecule has 0 radical (unpaired) electrons. The maximum absolute atomic E-state index is 12.8. The van der Waals surface area contributed by atoms with E-state index in [4.69, 9.17) is 14.2 Å². The minimum absolute atomic E-state index is 0.115. The summed E-state index contributed by atoms with van der Waals surface area (Å²) in [5.74, 6) is -0.998. The number of unbranched alkanes of at least 4 members (excludes halogenated alkanes) is 19. The van der Waals surface area contributed by atoms with Crippen LogP contribution in [0.3, 0.4) is 0 Å². The molecular formula is C61H100O6. The molecule has 0 unspecified atom stereocenters. The summed E-state index contributed by atoms with van der Waals surface area (Å²) in [7, 11) is 0. The lowest BCUT2D eigenvalue weighted by Crippen LogP contribution is -2.30. The molecule has 0 heterocycles. The number of rotatable bonds is 48. The summed E-state index contributed by atoms with van der Waals surface area (Å²) in [5, 5.41) is 0. The Morgan fingerprint density at radius 3 is 0.955 bits per heavy atom. The lowest BCUT2D eigenvalue weighted by Gasteiger charge is -2.18. The number of carbonyl (C=O) groups is 3. The summed E-state index contributed by atoms with van der Waals surface area (Å²) in [4.78, 5) is 38.1. The van der Waals surface area contributed by atoms with Crippen molar-refractivity contribution in [3.63, 3.8) is 0 Å². The molecule has 0 aromatic heterocycles. The van der Waals surface area contributed by atoms with E-state index in [1.165, 1.54) is 89.9 Å². The van der Waals surface area contributed by atoms with E-state index in [0.29, 0.717) is 32.1 Å². The Kier molecular flexibility index (Phi) is 51.5. The lowest BCUT2D eigenvalue weighted by atomic mass is 10.1. The molecule has 0 fully saturated rings. The summed E-state index contributed by atoms with van der Waals surface area (Å²) in [6, 6.07) is 0. The van der Waals surface area contributed by atoms with Crippen LogP contribution in [0.25, 0.3) is 0 Å². The third-order valence-corrected chi connectivity index (χ3v) is 11.2. The van der Waals surface area contributed by atoms with Crippen molar-refractivity contribution in [3.8, 4) is 0 Å². The number of ether oxygens (including phenoxy) is 3. The van der Waals surface area contributed by atoms with E-state index in [1.54, 1.807) is 0 Å². The summed E-state index contributed by atoms with van der Waals surface area (Å²) >= 11 is 0. The number of hydrogen-bond acceptors (Lipinski definition) is 6. The fraction of sp³-hybridized carbons (Fsp3) is 0.656. The summed E-state index contributed by atoms with van der Waals surface area (Å²) in [6.45, 7) is 6.33. The van der Waals surface area contributed by atoms with E-state index in [0.717, 1.165) is 96.3 Å². The normalized spacial score (nSPS) is 12.5. The molecule has 0 aliphatic carbocycles. The predicted octanol–water partition coefficient (Wildman–Crippen LogP) is 18.3. The van der Waals surface area contributed by atoms with Gasteiger partial charge in [-0.05, 0) is 122 Å². The second-order valence-corrected chi connectivity index (χ2v) is 17.7. The summed E-state index contributed by atoms with van der Waals surface area (Å²) < 4.78 is 16.8. The molecule has 67 heavy (non-hydrogen) atoms. The molecule has 0 N–H and O–H groups in total. The second kappa shape index (κ2) is 54.7. The van der Waals surface area contributed by atoms with E-state index >= 15 is 0 Å². The van der Waals surface area contributed by atoms with E-state index in [9.17, 15) is 14.4 Å². The van der Waals surface area contributed by atoms with Crippen LogP contribution in [0.2, 0.25) is 0 Å². The maximum atomic E-state index is 12.8. The monoisotopic (exact) mass is 929 g/mol. The van der Waals surface area contributed by atoms with Gasteiger partial charge in [0, 0.05) is 19.3 Å². The Labute approximate surface area is 412 Å². The van der Waals surface area contributed by atoms with Crippen molar-refractivity contribution in [1.82, 2.24) is 0 Å². The van der Waals surface area contributed by atoms with E-state index in [1.807, 2.05) is 0 Å². The van der Waals surface area contributed by atoms with Crippen molar-refractivity contribution in [2.24, 2.45) is 0 Å². The van der Waals surface area contributed by atoms with Crippen LogP contribution in [-0.4, -0.2) is 37.2 Å². The first kappa shape index (κ1) is 63.1. The van der Waals surface area contributed by atoms with Gasteiger partial charge in [0.05, 0.1) is 0 Å². The van der Waals surface area contributed by atoms with Gasteiger partial charge < -0.3 is 14.2 Å². The van der Waals surface area contributed by atoms with Crippen LogP contribution in [0.1, 0.15) is 239 Å². The molecule has 0 saturated heterocycles. The Morgan fingerprint density at radius 1 is 0.313 bits per heavy atom. The van der Waals surface area contributed by atoms with Gasteiger partial charge in [-0.15, -0.1) is 0 Å². The highest BCUT2D eigenvalue weighted by atomic mass is 16.6. The number of allylic oxidation sites excluding steroid dienone is 18. The predicted molar refractivity (Wildman–Crippen MR) is 288 cm³/mol. The van der Waals surface area contributed by atoms with Gasteiger partial charge in [-0.1, -0.05) is 207 Å². The van der Waals surface area contributed by atoms with Crippen LogP contribution < -0.4 is 0 Å². The first-order chi connectivity index (χ1) is 33.0. The third kappa shape index (κ3) is 52.9. The zero-order valence-corrected chi connectivity index (χ0v) is 43.4. The van der Waals surface area contributed by atoms with Crippen LogP contribution in [0.5, 0.6) is 0 Å². The average Bonchev–Trinajstić information content (AvgIpc) is 3.33. The van der Waals surface area contributed by atoms with Crippen molar-refractivity contribution in [1.29, 1.82) is 0 Å². The van der Waals surface area contributed by atoms with E-state index in [2.05, 4.69) is 130 Å². The van der Waals surface area contributed by atoms with Gasteiger partial charge in [-0.2, -0.15) is 0 Å². The molecular weight excluding hydrogens is 829 g/mol. The number of carbonyl (C=O) groups excluding carboxylic acids is 3. The van der Waals surface area contributed by atoms with Gasteiger partial charge >= 0.3 is 17.9 Å². The molecule has 0 aromatic carbocycles. The third-order valence-electron chi connectivity index (χ3n) is 11.2. The molecule has 380 valence electrons. The molecule has 0 aliphatic rings. The van der Waals surface area contributed by atoms with Gasteiger partial charge in [0.1, 0.15) is 13.2 Å². The molecule has 6 nitrogen and oxygen atoms in total. The van der Waals surface area contributed by atoms with Crippen LogP contribution in [0, 0.1) is 0 Å². The molecule has 0 aliphatic heterocycles. The Hall–Kier alpha value is -3.93. The Bertz CT molecular complexity index is 1320. The van der Waals surface area contributed by atoms with Crippen LogP contribution in [0.15, 0.2) is 109 Å².